The lowest BCUT2D eigenvalue weighted by molar-refractivity contribution is 0.119. The van der Waals surface area contributed by atoms with E-state index in [0.29, 0.717) is 24.7 Å². The SMILES string of the molecule is COc1ccc(Nc2ncc3c(n2)N([C@@H]2CCC[C@H](O)C2)C(=O)N(c2ccc(OC)cc2)C3)cc1. The topological polar surface area (TPSA) is 100 Å². The van der Waals surface area contributed by atoms with Crippen molar-refractivity contribution >= 4 is 29.2 Å². The number of carbonyl (C=O) groups excluding carboxylic acids is 1. The van der Waals surface area contributed by atoms with Crippen LogP contribution in [0.5, 0.6) is 11.5 Å². The Morgan fingerprint density at radius 3 is 2.34 bits per heavy atom. The monoisotopic (exact) mass is 475 g/mol. The molecule has 3 aromatic rings. The molecule has 5 rings (SSSR count). The zero-order valence-corrected chi connectivity index (χ0v) is 19.8. The molecule has 1 fully saturated rings. The molecule has 1 aromatic heterocycles. The summed E-state index contributed by atoms with van der Waals surface area (Å²) in [6, 6.07) is 14.6. The fourth-order valence-corrected chi connectivity index (χ4v) is 4.71. The Bertz CT molecular complexity index is 1190. The first-order valence-electron chi connectivity index (χ1n) is 11.8. The molecule has 0 saturated heterocycles. The molecule has 9 nitrogen and oxygen atoms in total. The maximum atomic E-state index is 13.8. The number of methoxy groups -OCH3 is 2. The van der Waals surface area contributed by atoms with Crippen LogP contribution in [0.25, 0.3) is 0 Å². The third-order valence-electron chi connectivity index (χ3n) is 6.55. The lowest BCUT2D eigenvalue weighted by Gasteiger charge is -2.42. The number of anilines is 4. The van der Waals surface area contributed by atoms with Gasteiger partial charge in [-0.2, -0.15) is 4.98 Å². The number of hydrogen-bond donors (Lipinski definition) is 2. The first-order chi connectivity index (χ1) is 17.1. The Morgan fingerprint density at radius 2 is 1.69 bits per heavy atom. The number of hydrogen-bond acceptors (Lipinski definition) is 7. The molecule has 1 aliphatic carbocycles. The van der Waals surface area contributed by atoms with Crippen LogP contribution in [0.2, 0.25) is 0 Å². The van der Waals surface area contributed by atoms with Crippen molar-refractivity contribution < 1.29 is 19.4 Å². The van der Waals surface area contributed by atoms with Crippen molar-refractivity contribution in [3.05, 3.63) is 60.3 Å². The fourth-order valence-electron chi connectivity index (χ4n) is 4.71. The molecular formula is C26H29N5O4. The molecule has 2 aliphatic rings. The second kappa shape index (κ2) is 9.79. The normalized spacial score (nSPS) is 19.8. The minimum Gasteiger partial charge on any atom is -0.497 e. The molecule has 2 aromatic carbocycles. The van der Waals surface area contributed by atoms with Crippen LogP contribution in [0.3, 0.4) is 0 Å². The highest BCUT2D eigenvalue weighted by Gasteiger charge is 2.39. The van der Waals surface area contributed by atoms with Gasteiger partial charge in [-0.15, -0.1) is 0 Å². The van der Waals surface area contributed by atoms with Gasteiger partial charge in [0.2, 0.25) is 5.95 Å². The predicted molar refractivity (Wildman–Crippen MR) is 134 cm³/mol. The van der Waals surface area contributed by atoms with Crippen molar-refractivity contribution in [2.75, 3.05) is 29.3 Å². The first-order valence-corrected chi connectivity index (χ1v) is 11.8. The van der Waals surface area contributed by atoms with Gasteiger partial charge in [0, 0.05) is 29.2 Å². The van der Waals surface area contributed by atoms with Crippen LogP contribution in [0.15, 0.2) is 54.7 Å². The van der Waals surface area contributed by atoms with Crippen molar-refractivity contribution in [3.63, 3.8) is 0 Å². The number of carbonyl (C=O) groups is 1. The Hall–Kier alpha value is -3.85. The lowest BCUT2D eigenvalue weighted by atomic mass is 9.91. The number of benzene rings is 2. The van der Waals surface area contributed by atoms with Crippen molar-refractivity contribution in [1.29, 1.82) is 0 Å². The highest BCUT2D eigenvalue weighted by atomic mass is 16.5. The van der Waals surface area contributed by atoms with Crippen LogP contribution in [0.4, 0.5) is 27.9 Å². The van der Waals surface area contributed by atoms with Crippen LogP contribution < -0.4 is 24.6 Å². The molecule has 2 N–H and O–H groups in total. The van der Waals surface area contributed by atoms with Gasteiger partial charge < -0.3 is 19.9 Å². The quantitative estimate of drug-likeness (QED) is 0.542. The predicted octanol–water partition coefficient (Wildman–Crippen LogP) is 4.49. The third kappa shape index (κ3) is 4.72. The van der Waals surface area contributed by atoms with E-state index in [2.05, 4.69) is 10.3 Å². The average molecular weight is 476 g/mol. The number of aliphatic hydroxyl groups is 1. The molecule has 0 radical (unpaired) electrons. The average Bonchev–Trinajstić information content (AvgIpc) is 2.89. The molecule has 1 saturated carbocycles. The molecule has 2 atom stereocenters. The summed E-state index contributed by atoms with van der Waals surface area (Å²) >= 11 is 0. The van der Waals surface area contributed by atoms with E-state index >= 15 is 0 Å². The number of nitrogens with zero attached hydrogens (tertiary/aromatic N) is 4. The zero-order valence-electron chi connectivity index (χ0n) is 19.8. The van der Waals surface area contributed by atoms with Gasteiger partial charge in [-0.1, -0.05) is 0 Å². The van der Waals surface area contributed by atoms with Crippen molar-refractivity contribution in [2.45, 2.75) is 44.4 Å². The molecule has 1 aliphatic heterocycles. The summed E-state index contributed by atoms with van der Waals surface area (Å²) in [5, 5.41) is 13.6. The number of rotatable bonds is 6. The second-order valence-electron chi connectivity index (χ2n) is 8.81. The summed E-state index contributed by atoms with van der Waals surface area (Å²) in [6.07, 6.45) is 4.28. The van der Waals surface area contributed by atoms with E-state index in [1.54, 1.807) is 30.2 Å². The summed E-state index contributed by atoms with van der Waals surface area (Å²) in [6.45, 7) is 0.356. The van der Waals surface area contributed by atoms with Crippen molar-refractivity contribution in [3.8, 4) is 11.5 Å². The molecule has 35 heavy (non-hydrogen) atoms. The lowest BCUT2D eigenvalue weighted by Crippen LogP contribution is -2.54. The summed E-state index contributed by atoms with van der Waals surface area (Å²) in [7, 11) is 3.24. The maximum absolute atomic E-state index is 13.8. The van der Waals surface area contributed by atoms with E-state index in [9.17, 15) is 9.90 Å². The third-order valence-corrected chi connectivity index (χ3v) is 6.55. The van der Waals surface area contributed by atoms with Crippen LogP contribution in [-0.4, -0.2) is 47.5 Å². The smallest absolute Gasteiger partial charge is 0.330 e. The van der Waals surface area contributed by atoms with Crippen molar-refractivity contribution in [2.24, 2.45) is 0 Å². The van der Waals surface area contributed by atoms with Gasteiger partial charge in [0.05, 0.1) is 26.9 Å². The number of amides is 2. The van der Waals surface area contributed by atoms with Crippen LogP contribution in [0.1, 0.15) is 31.2 Å². The van der Waals surface area contributed by atoms with Crippen molar-refractivity contribution in [1.82, 2.24) is 9.97 Å². The van der Waals surface area contributed by atoms with E-state index < -0.39 is 6.10 Å². The Balaban J connectivity index is 1.49. The molecule has 2 heterocycles. The Kier molecular flexibility index (Phi) is 6.41. The maximum Gasteiger partial charge on any atom is 0.330 e. The van der Waals surface area contributed by atoms with E-state index in [1.165, 1.54) is 0 Å². The number of aliphatic hydroxyl groups excluding tert-OH is 1. The minimum absolute atomic E-state index is 0.144. The number of ether oxygens (including phenoxy) is 2. The zero-order chi connectivity index (χ0) is 24.4. The van der Waals surface area contributed by atoms with Crippen LogP contribution in [-0.2, 0) is 6.54 Å². The number of urea groups is 1. The van der Waals surface area contributed by atoms with E-state index in [1.807, 2.05) is 48.5 Å². The van der Waals surface area contributed by atoms with Crippen LogP contribution in [0, 0.1) is 0 Å². The molecule has 182 valence electrons. The minimum atomic E-state index is -0.430. The molecule has 0 spiro atoms. The fraction of sp³-hybridized carbons (Fsp3) is 0.346. The number of aromatic nitrogens is 2. The van der Waals surface area contributed by atoms with E-state index in [0.717, 1.165) is 47.7 Å². The molecule has 0 bridgehead atoms. The Labute approximate surface area is 204 Å². The van der Waals surface area contributed by atoms with Gasteiger partial charge in [-0.3, -0.25) is 9.80 Å². The number of nitrogens with one attached hydrogen (secondary N) is 1. The Morgan fingerprint density at radius 1 is 1.00 bits per heavy atom. The van der Waals surface area contributed by atoms with Gasteiger partial charge in [0.15, 0.2) is 0 Å². The number of fused-ring (bicyclic) bond motifs is 1. The van der Waals surface area contributed by atoms with Gasteiger partial charge in [-0.25, -0.2) is 9.78 Å². The standard InChI is InChI=1S/C26H29N5O4/c1-34-22-10-6-18(7-11-22)28-25-27-15-17-16-30(19-8-12-23(35-2)13-9-19)26(33)31(24(17)29-25)20-4-3-5-21(32)14-20/h6-13,15,20-21,32H,3-5,14,16H2,1-2H3,(H,27,28,29)/t20-,21+/m1/s1. The summed E-state index contributed by atoms with van der Waals surface area (Å²) < 4.78 is 10.5. The van der Waals surface area contributed by atoms with E-state index in [-0.39, 0.29) is 12.1 Å². The summed E-state index contributed by atoms with van der Waals surface area (Å²) in [5.74, 6) is 2.47. The molecular weight excluding hydrogens is 446 g/mol. The second-order valence-corrected chi connectivity index (χ2v) is 8.81. The van der Waals surface area contributed by atoms with Gasteiger partial charge in [0.25, 0.3) is 0 Å². The van der Waals surface area contributed by atoms with Gasteiger partial charge in [0.1, 0.15) is 17.3 Å². The molecule has 0 unspecified atom stereocenters. The van der Waals surface area contributed by atoms with Gasteiger partial charge >= 0.3 is 6.03 Å². The van der Waals surface area contributed by atoms with Gasteiger partial charge in [-0.05, 0) is 74.2 Å². The highest BCUT2D eigenvalue weighted by Crippen LogP contribution is 2.36. The molecule has 2 amide bonds. The summed E-state index contributed by atoms with van der Waals surface area (Å²) in [5.41, 5.74) is 2.43. The van der Waals surface area contributed by atoms with Crippen LogP contribution >= 0.6 is 0 Å². The summed E-state index contributed by atoms with van der Waals surface area (Å²) in [4.78, 5) is 26.6. The highest BCUT2D eigenvalue weighted by molar-refractivity contribution is 6.06. The first kappa shape index (κ1) is 22.9. The molecule has 9 heteroatoms. The largest absolute Gasteiger partial charge is 0.497 e. The van der Waals surface area contributed by atoms with E-state index in [4.69, 9.17) is 14.5 Å².